The van der Waals surface area contributed by atoms with Crippen molar-refractivity contribution in [2.45, 2.75) is 0 Å². The molecule has 0 aliphatic rings. The van der Waals surface area contributed by atoms with E-state index in [2.05, 4.69) is 266 Å². The van der Waals surface area contributed by atoms with Gasteiger partial charge in [0.1, 0.15) is 55.8 Å². The van der Waals surface area contributed by atoms with Crippen LogP contribution in [0.5, 0.6) is 0 Å². The Labute approximate surface area is 637 Å². The van der Waals surface area contributed by atoms with Crippen LogP contribution in [0.4, 0.5) is 22.7 Å². The molecule has 0 atom stereocenters. The van der Waals surface area contributed by atoms with Gasteiger partial charge in [0, 0.05) is 81.6 Å². The lowest BCUT2D eigenvalue weighted by atomic mass is 9.95. The normalized spacial score (nSPS) is 11.5. The van der Waals surface area contributed by atoms with Crippen LogP contribution in [-0.2, 0) is 0 Å². The number of hydrogen-bond acceptors (Lipinski definition) is 7. The van der Waals surface area contributed by atoms with Crippen molar-refractivity contribution in [2.24, 2.45) is 0 Å². The first-order valence-corrected chi connectivity index (χ1v) is 37.2. The van der Waals surface area contributed by atoms with Crippen molar-refractivity contribution in [2.75, 3.05) is 10.6 Å². The highest BCUT2D eigenvalue weighted by molar-refractivity contribution is 6.30. The van der Waals surface area contributed by atoms with Crippen molar-refractivity contribution in [1.82, 2.24) is 0 Å². The van der Waals surface area contributed by atoms with Gasteiger partial charge in [-0.15, -0.1) is 0 Å². The molecule has 110 heavy (non-hydrogen) atoms. The van der Waals surface area contributed by atoms with Crippen molar-refractivity contribution in [1.29, 1.82) is 0 Å². The predicted molar refractivity (Wildman–Crippen MR) is 458 cm³/mol. The molecule has 0 saturated carbocycles. The summed E-state index contributed by atoms with van der Waals surface area (Å²) in [4.78, 5) is 2.33. The minimum absolute atomic E-state index is 0.748. The second-order valence-corrected chi connectivity index (χ2v) is 28.1. The van der Waals surface area contributed by atoms with Gasteiger partial charge < -0.3 is 32.7 Å². The van der Waals surface area contributed by atoms with Crippen LogP contribution < -0.4 is 10.6 Å². The summed E-state index contributed by atoms with van der Waals surface area (Å²) in [6.45, 7) is 0. The molecule has 0 saturated heterocycles. The Kier molecular flexibility index (Phi) is 16.3. The number of furan rings is 5. The highest BCUT2D eigenvalue weighted by Crippen LogP contribution is 2.46. The molecule has 22 rings (SSSR count). The van der Waals surface area contributed by atoms with Gasteiger partial charge in [-0.2, -0.15) is 0 Å². The largest absolute Gasteiger partial charge is 0.456 e. The molecule has 5 heterocycles. The first-order chi connectivity index (χ1) is 54.3. The molecule has 520 valence electrons. The van der Waals surface area contributed by atoms with Crippen LogP contribution in [0.2, 0.25) is 5.02 Å². The van der Waals surface area contributed by atoms with Crippen molar-refractivity contribution in [3.63, 3.8) is 0 Å². The first-order valence-electron chi connectivity index (χ1n) is 36.8. The second kappa shape index (κ2) is 27.5. The molecule has 7 nitrogen and oxygen atoms in total. The van der Waals surface area contributed by atoms with E-state index in [1.54, 1.807) is 0 Å². The van der Waals surface area contributed by atoms with E-state index < -0.39 is 0 Å². The minimum Gasteiger partial charge on any atom is -0.456 e. The predicted octanol–water partition coefficient (Wildman–Crippen LogP) is 29.9. The zero-order valence-electron chi connectivity index (χ0n) is 59.3. The lowest BCUT2D eigenvalue weighted by Crippen LogP contribution is -2.09. The smallest absolute Gasteiger partial charge is 0.136 e. The van der Waals surface area contributed by atoms with Crippen LogP contribution in [0.25, 0.3) is 188 Å². The number of para-hydroxylation sites is 5. The Balaban J connectivity index is 0.000000139. The molecule has 0 radical (unpaired) electrons. The first kappa shape index (κ1) is 65.2. The summed E-state index contributed by atoms with van der Waals surface area (Å²) < 4.78 is 30.7. The molecule has 2 N–H and O–H groups in total. The van der Waals surface area contributed by atoms with Gasteiger partial charge in [0.15, 0.2) is 0 Å². The third-order valence-corrected chi connectivity index (χ3v) is 21.3. The van der Waals surface area contributed by atoms with E-state index in [-0.39, 0.29) is 0 Å². The van der Waals surface area contributed by atoms with E-state index in [0.29, 0.717) is 0 Å². The Morgan fingerprint density at radius 3 is 0.718 bits per heavy atom. The van der Waals surface area contributed by atoms with Crippen LogP contribution in [0.1, 0.15) is 0 Å². The third-order valence-electron chi connectivity index (χ3n) is 21.1. The number of nitrogens with two attached hydrogens (primary N) is 1. The molecule has 0 fully saturated rings. The Morgan fingerprint density at radius 2 is 0.418 bits per heavy atom. The Morgan fingerprint density at radius 1 is 0.191 bits per heavy atom. The monoisotopic (exact) mass is 1430 g/mol. The standard InChI is InChI=1S/C60H37NO3.C24H17NO.C18H11ClO/c1-4-19-52-49(13-1)58-46(16-8-22-55(58)62-52)39-27-33-44(34-28-39)61(45-35-29-40(30-36-45)47-17-9-23-56-59(47)50-14-2-5-20-53(50)63-56)43-31-25-38(26-32-43)41-11-7-12-42(37-41)48-18-10-24-57-60(48)51-15-3-6-21-54(51)64-57;25-19-13-11-16(12-14-19)17-5-3-6-18(15-17)20-8-4-10-23-24(20)21-7-1-2-9-22(21)26-23;19-13-10-8-12(9-11-13)14-5-3-7-17-18(14)15-4-1-2-6-16(15)20-17/h1-37H;1-15H,25H2;1-11H. The van der Waals surface area contributed by atoms with Gasteiger partial charge in [-0.3, -0.25) is 0 Å². The van der Waals surface area contributed by atoms with E-state index in [1.807, 2.05) is 121 Å². The third kappa shape index (κ3) is 11.8. The van der Waals surface area contributed by atoms with Crippen molar-refractivity contribution >= 4 is 144 Å². The molecule has 0 spiro atoms. The highest BCUT2D eigenvalue weighted by atomic mass is 35.5. The summed E-state index contributed by atoms with van der Waals surface area (Å²) in [5.74, 6) is 0. The van der Waals surface area contributed by atoms with Crippen LogP contribution in [-0.4, -0.2) is 0 Å². The van der Waals surface area contributed by atoms with Crippen LogP contribution in [0.15, 0.2) is 404 Å². The Bertz CT molecular complexity index is 7070. The molecule has 0 aliphatic heterocycles. The van der Waals surface area contributed by atoms with Crippen molar-refractivity contribution in [3.05, 3.63) is 387 Å². The summed E-state index contributed by atoms with van der Waals surface area (Å²) in [5, 5.41) is 12.1. The molecule has 22 aromatic rings. The number of fused-ring (bicyclic) bond motifs is 15. The zero-order valence-corrected chi connectivity index (χ0v) is 60.1. The van der Waals surface area contributed by atoms with Gasteiger partial charge in [0.25, 0.3) is 0 Å². The number of rotatable bonds is 10. The summed E-state index contributed by atoms with van der Waals surface area (Å²) in [6, 6.07) is 132. The SMILES string of the molecule is Clc1ccc(-c2cccc3oc4ccccc4c23)cc1.Nc1ccc(-c2cccc(-c3cccc4oc5ccccc5c34)c2)cc1.c1cc(-c2ccc(N(c3ccc(-c4cccc5oc6ccccc6c45)cc3)c3ccc(-c4cccc5oc6ccccc6c45)cc3)cc2)cc(-c2cccc3oc4ccccc4c23)c1. The van der Waals surface area contributed by atoms with E-state index >= 15 is 0 Å². The summed E-state index contributed by atoms with van der Waals surface area (Å²) in [7, 11) is 0. The summed E-state index contributed by atoms with van der Waals surface area (Å²) in [5.41, 5.74) is 35.0. The van der Waals surface area contributed by atoms with E-state index in [9.17, 15) is 0 Å². The van der Waals surface area contributed by atoms with E-state index in [4.69, 9.17) is 39.4 Å². The molecule has 17 aromatic carbocycles. The molecular formula is C102H65ClN2O5. The van der Waals surface area contributed by atoms with Crippen LogP contribution in [0, 0.1) is 0 Å². The van der Waals surface area contributed by atoms with Crippen LogP contribution >= 0.6 is 11.6 Å². The zero-order chi connectivity index (χ0) is 73.2. The number of anilines is 4. The average Bonchev–Trinajstić information content (AvgIpc) is 1.63. The second-order valence-electron chi connectivity index (χ2n) is 27.7. The van der Waals surface area contributed by atoms with Gasteiger partial charge in [-0.05, 0) is 211 Å². The summed E-state index contributed by atoms with van der Waals surface area (Å²) in [6.07, 6.45) is 0. The van der Waals surface area contributed by atoms with Crippen LogP contribution in [0.3, 0.4) is 0 Å². The number of hydrogen-bond donors (Lipinski definition) is 1. The van der Waals surface area contributed by atoms with Gasteiger partial charge in [0.05, 0.1) is 0 Å². The summed E-state index contributed by atoms with van der Waals surface area (Å²) >= 11 is 5.97. The number of nitrogens with zero attached hydrogens (tertiary/aromatic N) is 1. The van der Waals surface area contributed by atoms with Gasteiger partial charge in [-0.1, -0.05) is 260 Å². The van der Waals surface area contributed by atoms with Crippen molar-refractivity contribution < 1.29 is 22.1 Å². The fourth-order valence-corrected chi connectivity index (χ4v) is 16.1. The highest BCUT2D eigenvalue weighted by Gasteiger charge is 2.21. The van der Waals surface area contributed by atoms with E-state index in [0.717, 1.165) is 193 Å². The topological polar surface area (TPSA) is 95.0 Å². The number of benzene rings is 17. The molecule has 0 bridgehead atoms. The number of nitrogen functional groups attached to an aromatic ring is 1. The average molecular weight is 1430 g/mol. The maximum Gasteiger partial charge on any atom is 0.136 e. The maximum atomic E-state index is 6.26. The fraction of sp³-hybridized carbons (Fsp3) is 0. The fourth-order valence-electron chi connectivity index (χ4n) is 15.9. The molecule has 5 aromatic heterocycles. The van der Waals surface area contributed by atoms with E-state index in [1.165, 1.54) is 22.3 Å². The molecule has 8 heteroatoms. The minimum atomic E-state index is 0.748. The van der Waals surface area contributed by atoms with Gasteiger partial charge in [-0.25, -0.2) is 0 Å². The van der Waals surface area contributed by atoms with Gasteiger partial charge >= 0.3 is 0 Å². The molecule has 0 aliphatic carbocycles. The lowest BCUT2D eigenvalue weighted by molar-refractivity contribution is 0.668. The number of halogens is 1. The Hall–Kier alpha value is -14.4. The lowest BCUT2D eigenvalue weighted by Gasteiger charge is -2.26. The van der Waals surface area contributed by atoms with Gasteiger partial charge in [0.2, 0.25) is 0 Å². The molecular weight excluding hydrogens is 1370 g/mol. The van der Waals surface area contributed by atoms with Crippen molar-refractivity contribution in [3.8, 4) is 77.9 Å². The molecule has 0 unspecified atom stereocenters. The quantitative estimate of drug-likeness (QED) is 0.136. The maximum absolute atomic E-state index is 6.26. The molecule has 0 amide bonds.